The molecule has 0 spiro atoms. The molecule has 0 aliphatic carbocycles. The lowest BCUT2D eigenvalue weighted by atomic mass is 9.91. The lowest BCUT2D eigenvalue weighted by molar-refractivity contribution is -0.125. The number of fused-ring (bicyclic) bond motifs is 2. The second-order valence-electron chi connectivity index (χ2n) is 13.1. The predicted octanol–water partition coefficient (Wildman–Crippen LogP) is 4.11. The molecule has 0 radical (unpaired) electrons. The Kier molecular flexibility index (Phi) is 8.26. The number of rotatable bonds is 8. The summed E-state index contributed by atoms with van der Waals surface area (Å²) in [6.45, 7) is 14.7. The van der Waals surface area contributed by atoms with Crippen LogP contribution in [0.15, 0.2) is 47.5 Å². The van der Waals surface area contributed by atoms with E-state index in [2.05, 4.69) is 64.5 Å². The largest absolute Gasteiger partial charge is 0.381 e. The van der Waals surface area contributed by atoms with E-state index in [1.165, 1.54) is 11.1 Å². The van der Waals surface area contributed by atoms with Gasteiger partial charge in [-0.05, 0) is 62.1 Å². The highest BCUT2D eigenvalue weighted by molar-refractivity contribution is 5.79. The number of benzene rings is 1. The Labute approximate surface area is 257 Å². The van der Waals surface area contributed by atoms with Crippen molar-refractivity contribution in [1.82, 2.24) is 34.5 Å². The molecule has 44 heavy (non-hydrogen) atoms. The molecule has 1 atom stereocenters. The molecule has 1 aromatic carbocycles. The van der Waals surface area contributed by atoms with E-state index in [1.54, 1.807) is 17.1 Å². The summed E-state index contributed by atoms with van der Waals surface area (Å²) in [5, 5.41) is 6.92. The summed E-state index contributed by atoms with van der Waals surface area (Å²) in [4.78, 5) is 42.2. The molecule has 0 saturated carbocycles. The number of anilines is 2. The van der Waals surface area contributed by atoms with Crippen molar-refractivity contribution in [3.63, 3.8) is 0 Å². The molecule has 232 valence electrons. The molecule has 1 amide bonds. The van der Waals surface area contributed by atoms with E-state index in [0.29, 0.717) is 36.7 Å². The number of nitrogens with one attached hydrogen (secondary N) is 2. The van der Waals surface area contributed by atoms with E-state index in [9.17, 15) is 9.59 Å². The smallest absolute Gasteiger partial charge is 0.278 e. The maximum atomic E-state index is 13.5. The fraction of sp³-hybridized carbons (Fsp3) is 0.485. The number of carbonyl (C=O) groups excluding carboxylic acids is 1. The van der Waals surface area contributed by atoms with E-state index in [-0.39, 0.29) is 28.8 Å². The zero-order valence-corrected chi connectivity index (χ0v) is 26.3. The highest BCUT2D eigenvalue weighted by atomic mass is 16.5. The van der Waals surface area contributed by atoms with Crippen molar-refractivity contribution in [3.8, 4) is 5.69 Å². The van der Waals surface area contributed by atoms with Crippen LogP contribution in [0.3, 0.4) is 0 Å². The molecular weight excluding hydrogens is 556 g/mol. The second kappa shape index (κ2) is 12.1. The second-order valence-corrected chi connectivity index (χ2v) is 13.1. The van der Waals surface area contributed by atoms with Crippen molar-refractivity contribution in [1.29, 1.82) is 0 Å². The van der Waals surface area contributed by atoms with Crippen LogP contribution >= 0.6 is 0 Å². The average molecular weight is 599 g/mol. The van der Waals surface area contributed by atoms with Gasteiger partial charge in [-0.3, -0.25) is 19.5 Å². The molecule has 5 heterocycles. The number of ether oxygens (including phenoxy) is 1. The number of pyridine rings is 1. The average Bonchev–Trinajstić information content (AvgIpc) is 3.63. The van der Waals surface area contributed by atoms with E-state index in [4.69, 9.17) is 9.72 Å². The van der Waals surface area contributed by atoms with Crippen molar-refractivity contribution in [2.24, 2.45) is 5.92 Å². The first-order chi connectivity index (χ1) is 21.1. The van der Waals surface area contributed by atoms with Crippen LogP contribution in [-0.4, -0.2) is 68.0 Å². The van der Waals surface area contributed by atoms with Gasteiger partial charge in [0.25, 0.3) is 5.56 Å². The van der Waals surface area contributed by atoms with E-state index in [1.807, 2.05) is 30.7 Å². The van der Waals surface area contributed by atoms with Gasteiger partial charge in [0.2, 0.25) is 11.9 Å². The van der Waals surface area contributed by atoms with Crippen molar-refractivity contribution >= 4 is 28.6 Å². The van der Waals surface area contributed by atoms with Gasteiger partial charge in [-0.15, -0.1) is 0 Å². The lowest BCUT2D eigenvalue weighted by Crippen LogP contribution is -2.39. The first-order valence-electron chi connectivity index (χ1n) is 15.5. The van der Waals surface area contributed by atoms with E-state index in [0.717, 1.165) is 49.5 Å². The van der Waals surface area contributed by atoms with Gasteiger partial charge in [-0.25, -0.2) is 14.3 Å². The fourth-order valence-corrected chi connectivity index (χ4v) is 5.97. The number of nitrogens with zero attached hydrogens (tertiary/aromatic N) is 6. The summed E-state index contributed by atoms with van der Waals surface area (Å²) in [5.41, 5.74) is 5.48. The van der Waals surface area contributed by atoms with Gasteiger partial charge < -0.3 is 15.4 Å². The highest BCUT2D eigenvalue weighted by Gasteiger charge is 2.24. The third-order valence-corrected chi connectivity index (χ3v) is 8.45. The Morgan fingerprint density at radius 3 is 2.73 bits per heavy atom. The fourth-order valence-electron chi connectivity index (χ4n) is 5.97. The zero-order chi connectivity index (χ0) is 31.0. The first kappa shape index (κ1) is 30.0. The van der Waals surface area contributed by atoms with Gasteiger partial charge in [0.15, 0.2) is 5.65 Å². The topological polar surface area (TPSA) is 119 Å². The Bertz CT molecular complexity index is 1730. The minimum absolute atomic E-state index is 0.0172. The molecular formula is C33H42N8O3. The van der Waals surface area contributed by atoms with Gasteiger partial charge >= 0.3 is 0 Å². The summed E-state index contributed by atoms with van der Waals surface area (Å²) in [6.07, 6.45) is 5.16. The third-order valence-electron chi connectivity index (χ3n) is 8.45. The monoisotopic (exact) mass is 598 g/mol. The molecule has 1 saturated heterocycles. The number of amides is 1. The number of aromatic nitrogens is 5. The molecule has 3 aromatic heterocycles. The van der Waals surface area contributed by atoms with Gasteiger partial charge in [-0.1, -0.05) is 26.8 Å². The molecule has 11 heteroatoms. The van der Waals surface area contributed by atoms with Crippen LogP contribution in [0.25, 0.3) is 16.7 Å². The maximum absolute atomic E-state index is 13.5. The summed E-state index contributed by atoms with van der Waals surface area (Å²) in [6, 6.07) is 10.2. The maximum Gasteiger partial charge on any atom is 0.278 e. The van der Waals surface area contributed by atoms with Crippen LogP contribution in [0.2, 0.25) is 0 Å². The minimum Gasteiger partial charge on any atom is -0.381 e. The molecule has 0 bridgehead atoms. The molecule has 11 nitrogen and oxygen atoms in total. The highest BCUT2D eigenvalue weighted by Crippen LogP contribution is 2.27. The van der Waals surface area contributed by atoms with E-state index < -0.39 is 0 Å². The number of hydrogen-bond acceptors (Lipinski definition) is 8. The molecule has 4 aromatic rings. The Balaban J connectivity index is 1.22. The quantitative estimate of drug-likeness (QED) is 0.311. The predicted molar refractivity (Wildman–Crippen MR) is 171 cm³/mol. The Hall–Kier alpha value is -4.09. The van der Waals surface area contributed by atoms with E-state index >= 15 is 0 Å². The first-order valence-corrected chi connectivity index (χ1v) is 15.5. The van der Waals surface area contributed by atoms with Crippen LogP contribution in [0.4, 0.5) is 11.6 Å². The Morgan fingerprint density at radius 2 is 1.98 bits per heavy atom. The molecule has 2 aliphatic heterocycles. The molecule has 1 fully saturated rings. The van der Waals surface area contributed by atoms with Gasteiger partial charge in [0.1, 0.15) is 5.39 Å². The van der Waals surface area contributed by atoms with Crippen molar-refractivity contribution < 1.29 is 9.53 Å². The SMILES string of the molecule is CC(C)n1c(=O)c2cnc(Nc3ccc4c(c3)CN(CCNC(=O)C3CCOC3)CC4)nc2n1-c1ccnc(C(C)(C)C)c1. The number of hydrogen-bond donors (Lipinski definition) is 2. The van der Waals surface area contributed by atoms with Crippen LogP contribution in [0.1, 0.15) is 63.9 Å². The molecule has 6 rings (SSSR count). The normalized spacial score (nSPS) is 17.3. The van der Waals surface area contributed by atoms with Crippen LogP contribution in [0, 0.1) is 5.92 Å². The number of carbonyl (C=O) groups is 1. The minimum atomic E-state index is -0.148. The zero-order valence-electron chi connectivity index (χ0n) is 26.3. The van der Waals surface area contributed by atoms with Crippen molar-refractivity contribution in [2.75, 3.05) is 38.2 Å². The Morgan fingerprint density at radius 1 is 1.14 bits per heavy atom. The van der Waals surface area contributed by atoms with Gasteiger partial charge in [-0.2, -0.15) is 4.98 Å². The van der Waals surface area contributed by atoms with Crippen LogP contribution < -0.4 is 16.2 Å². The molecule has 1 unspecified atom stereocenters. The lowest BCUT2D eigenvalue weighted by Gasteiger charge is -2.29. The summed E-state index contributed by atoms with van der Waals surface area (Å²) >= 11 is 0. The third kappa shape index (κ3) is 6.11. The summed E-state index contributed by atoms with van der Waals surface area (Å²) in [5.74, 6) is 0.496. The van der Waals surface area contributed by atoms with Gasteiger partial charge in [0, 0.05) is 68.0 Å². The van der Waals surface area contributed by atoms with Crippen LogP contribution in [0.5, 0.6) is 0 Å². The van der Waals surface area contributed by atoms with Crippen molar-refractivity contribution in [2.45, 2.75) is 65.5 Å². The van der Waals surface area contributed by atoms with Crippen molar-refractivity contribution in [3.05, 3.63) is 69.9 Å². The molecule has 2 aliphatic rings. The summed E-state index contributed by atoms with van der Waals surface area (Å²) < 4.78 is 8.95. The standard InChI is InChI=1S/C33H42N8O3/c1-21(2)40-31(43)27-18-36-32(38-29(27)41(40)26-8-11-34-28(17-26)33(3,4)5)37-25-7-6-22-9-13-39(19-24(22)16-25)14-12-35-30(42)23-10-15-44-20-23/h6-8,11,16-18,21,23H,9-10,12-15,19-20H2,1-5H3,(H,35,42)(H,36,37,38). The summed E-state index contributed by atoms with van der Waals surface area (Å²) in [7, 11) is 0. The molecule has 2 N–H and O–H groups in total. The van der Waals surface area contributed by atoms with Crippen LogP contribution in [-0.2, 0) is 27.9 Å². The van der Waals surface area contributed by atoms with Gasteiger partial charge in [0.05, 0.1) is 18.2 Å².